The van der Waals surface area contributed by atoms with Crippen molar-refractivity contribution in [2.45, 2.75) is 13.2 Å². The lowest BCUT2D eigenvalue weighted by atomic mass is 10.1. The van der Waals surface area contributed by atoms with E-state index in [1.165, 1.54) is 6.07 Å². The Kier molecular flexibility index (Phi) is 5.21. The summed E-state index contributed by atoms with van der Waals surface area (Å²) >= 11 is 0. The molecular weight excluding hydrogens is 373 g/mol. The number of hydrogen-bond acceptors (Lipinski definition) is 7. The normalized spacial score (nSPS) is 11.0. The van der Waals surface area contributed by atoms with E-state index in [4.69, 9.17) is 10.5 Å². The van der Waals surface area contributed by atoms with Gasteiger partial charge in [0, 0.05) is 12.7 Å². The van der Waals surface area contributed by atoms with Crippen molar-refractivity contribution in [3.63, 3.8) is 0 Å². The molecular formula is C20H18FN7O. The summed E-state index contributed by atoms with van der Waals surface area (Å²) in [5, 5.41) is 8.29. The maximum atomic E-state index is 14.1. The maximum Gasteiger partial charge on any atom is 0.221 e. The Morgan fingerprint density at radius 1 is 0.966 bits per heavy atom. The van der Waals surface area contributed by atoms with E-state index >= 15 is 0 Å². The number of methoxy groups -OCH3 is 1. The largest absolute Gasteiger partial charge is 0.378 e. The van der Waals surface area contributed by atoms with E-state index in [-0.39, 0.29) is 11.8 Å². The number of anilines is 1. The molecule has 0 amide bonds. The molecule has 0 atom stereocenters. The van der Waals surface area contributed by atoms with Crippen molar-refractivity contribution in [3.05, 3.63) is 71.9 Å². The second-order valence-corrected chi connectivity index (χ2v) is 6.33. The van der Waals surface area contributed by atoms with Gasteiger partial charge in [-0.2, -0.15) is 0 Å². The SMILES string of the molecule is COCc1cccc(Cn2cc(-c3cc(-c4ccccc4F)nc(N)n3)nn2)n1. The third kappa shape index (κ3) is 4.25. The van der Waals surface area contributed by atoms with Gasteiger partial charge < -0.3 is 10.5 Å². The summed E-state index contributed by atoms with van der Waals surface area (Å²) in [6.07, 6.45) is 1.73. The van der Waals surface area contributed by atoms with Crippen molar-refractivity contribution < 1.29 is 9.13 Å². The Hall–Kier alpha value is -3.72. The van der Waals surface area contributed by atoms with E-state index in [1.54, 1.807) is 42.3 Å². The highest BCUT2D eigenvalue weighted by Crippen LogP contribution is 2.25. The molecule has 0 saturated heterocycles. The van der Waals surface area contributed by atoms with Gasteiger partial charge in [-0.05, 0) is 30.3 Å². The smallest absolute Gasteiger partial charge is 0.221 e. The summed E-state index contributed by atoms with van der Waals surface area (Å²) in [4.78, 5) is 12.9. The van der Waals surface area contributed by atoms with Gasteiger partial charge in [0.15, 0.2) is 0 Å². The number of aromatic nitrogens is 6. The fraction of sp³-hybridized carbons (Fsp3) is 0.150. The summed E-state index contributed by atoms with van der Waals surface area (Å²) in [7, 11) is 1.63. The summed E-state index contributed by atoms with van der Waals surface area (Å²) in [5.74, 6) is -0.355. The molecule has 0 fully saturated rings. The van der Waals surface area contributed by atoms with Crippen molar-refractivity contribution >= 4 is 5.95 Å². The molecule has 4 rings (SSSR count). The van der Waals surface area contributed by atoms with Crippen molar-refractivity contribution in [3.8, 4) is 22.6 Å². The monoisotopic (exact) mass is 391 g/mol. The zero-order valence-corrected chi connectivity index (χ0v) is 15.7. The fourth-order valence-corrected chi connectivity index (χ4v) is 2.91. The third-order valence-electron chi connectivity index (χ3n) is 4.17. The number of benzene rings is 1. The molecule has 0 aliphatic carbocycles. The van der Waals surface area contributed by atoms with Crippen LogP contribution in [0.2, 0.25) is 0 Å². The number of ether oxygens (including phenoxy) is 1. The molecule has 9 heteroatoms. The molecule has 146 valence electrons. The van der Waals surface area contributed by atoms with Crippen LogP contribution in [0.3, 0.4) is 0 Å². The number of pyridine rings is 1. The molecule has 4 aromatic rings. The van der Waals surface area contributed by atoms with Crippen LogP contribution >= 0.6 is 0 Å². The second kappa shape index (κ2) is 8.11. The molecule has 0 aliphatic heterocycles. The van der Waals surface area contributed by atoms with Gasteiger partial charge in [-0.25, -0.2) is 19.0 Å². The van der Waals surface area contributed by atoms with Crippen molar-refractivity contribution in [1.29, 1.82) is 0 Å². The lowest BCUT2D eigenvalue weighted by molar-refractivity contribution is 0.181. The summed E-state index contributed by atoms with van der Waals surface area (Å²) < 4.78 is 20.9. The molecule has 1 aromatic carbocycles. The zero-order chi connectivity index (χ0) is 20.2. The van der Waals surface area contributed by atoms with Crippen LogP contribution in [0.1, 0.15) is 11.4 Å². The van der Waals surface area contributed by atoms with Gasteiger partial charge in [0.25, 0.3) is 0 Å². The van der Waals surface area contributed by atoms with E-state index in [0.717, 1.165) is 11.4 Å². The number of halogens is 1. The van der Waals surface area contributed by atoms with Crippen molar-refractivity contribution in [1.82, 2.24) is 29.9 Å². The topological polar surface area (TPSA) is 105 Å². The van der Waals surface area contributed by atoms with Gasteiger partial charge in [-0.15, -0.1) is 5.10 Å². The number of hydrogen-bond donors (Lipinski definition) is 1. The highest BCUT2D eigenvalue weighted by Gasteiger charge is 2.13. The van der Waals surface area contributed by atoms with E-state index in [1.807, 2.05) is 18.2 Å². The minimum absolute atomic E-state index is 0.0317. The van der Waals surface area contributed by atoms with E-state index in [9.17, 15) is 4.39 Å². The summed E-state index contributed by atoms with van der Waals surface area (Å²) in [5.41, 5.74) is 9.19. The minimum Gasteiger partial charge on any atom is -0.378 e. The molecule has 29 heavy (non-hydrogen) atoms. The average Bonchev–Trinajstić information content (AvgIpc) is 3.17. The number of nitrogens with two attached hydrogens (primary N) is 1. The Morgan fingerprint density at radius 3 is 2.59 bits per heavy atom. The molecule has 3 heterocycles. The zero-order valence-electron chi connectivity index (χ0n) is 15.7. The van der Waals surface area contributed by atoms with E-state index < -0.39 is 0 Å². The van der Waals surface area contributed by atoms with Crippen LogP contribution in [0.15, 0.2) is 54.7 Å². The quantitative estimate of drug-likeness (QED) is 0.539. The Balaban J connectivity index is 1.61. The Labute approximate surface area is 166 Å². The first kappa shape index (κ1) is 18.6. The van der Waals surface area contributed by atoms with Gasteiger partial charge in [0.2, 0.25) is 5.95 Å². The van der Waals surface area contributed by atoms with Gasteiger partial charge in [0.1, 0.15) is 11.5 Å². The summed E-state index contributed by atoms with van der Waals surface area (Å²) in [6, 6.07) is 13.7. The van der Waals surface area contributed by atoms with E-state index in [0.29, 0.717) is 35.8 Å². The first-order valence-corrected chi connectivity index (χ1v) is 8.86. The average molecular weight is 391 g/mol. The fourth-order valence-electron chi connectivity index (χ4n) is 2.91. The standard InChI is InChI=1S/C20H18FN7O/c1-29-12-14-6-4-5-13(23-14)10-28-11-19(26-27-28)18-9-17(24-20(22)25-18)15-7-2-3-8-16(15)21/h2-9,11H,10,12H2,1H3,(H2,22,24,25). The number of rotatable bonds is 6. The third-order valence-corrected chi connectivity index (χ3v) is 4.17. The highest BCUT2D eigenvalue weighted by atomic mass is 19.1. The molecule has 0 spiro atoms. The maximum absolute atomic E-state index is 14.1. The van der Waals surface area contributed by atoms with Crippen LogP contribution in [0.25, 0.3) is 22.6 Å². The molecule has 8 nitrogen and oxygen atoms in total. The van der Waals surface area contributed by atoms with Gasteiger partial charge in [-0.1, -0.05) is 23.4 Å². The Bertz CT molecular complexity index is 1150. The number of nitrogens with zero attached hydrogens (tertiary/aromatic N) is 6. The second-order valence-electron chi connectivity index (χ2n) is 6.33. The summed E-state index contributed by atoms with van der Waals surface area (Å²) in [6.45, 7) is 0.876. The van der Waals surface area contributed by atoms with E-state index in [2.05, 4.69) is 25.3 Å². The first-order valence-electron chi connectivity index (χ1n) is 8.86. The first-order chi connectivity index (χ1) is 14.1. The predicted octanol–water partition coefficient (Wildman–Crippen LogP) is 2.71. The minimum atomic E-state index is -0.387. The van der Waals surface area contributed by atoms with Gasteiger partial charge in [-0.3, -0.25) is 4.98 Å². The van der Waals surface area contributed by atoms with Crippen molar-refractivity contribution in [2.24, 2.45) is 0 Å². The Morgan fingerprint density at radius 2 is 1.76 bits per heavy atom. The van der Waals surface area contributed by atoms with Crippen LogP contribution in [0, 0.1) is 5.82 Å². The molecule has 0 aliphatic rings. The molecule has 0 saturated carbocycles. The van der Waals surface area contributed by atoms with Crippen LogP contribution in [0.5, 0.6) is 0 Å². The molecule has 3 aromatic heterocycles. The van der Waals surface area contributed by atoms with Crippen LogP contribution in [-0.2, 0) is 17.9 Å². The van der Waals surface area contributed by atoms with Crippen LogP contribution in [-0.4, -0.2) is 37.1 Å². The molecule has 0 bridgehead atoms. The highest BCUT2D eigenvalue weighted by molar-refractivity contribution is 5.67. The van der Waals surface area contributed by atoms with Crippen LogP contribution < -0.4 is 5.73 Å². The molecule has 0 radical (unpaired) electrons. The van der Waals surface area contributed by atoms with Gasteiger partial charge >= 0.3 is 0 Å². The molecule has 2 N–H and O–H groups in total. The predicted molar refractivity (Wildman–Crippen MR) is 105 cm³/mol. The lowest BCUT2D eigenvalue weighted by Gasteiger charge is -2.05. The van der Waals surface area contributed by atoms with Gasteiger partial charge in [0.05, 0.1) is 42.1 Å². The lowest BCUT2D eigenvalue weighted by Crippen LogP contribution is -2.04. The van der Waals surface area contributed by atoms with Crippen molar-refractivity contribution in [2.75, 3.05) is 12.8 Å². The molecule has 0 unspecified atom stereocenters. The number of nitrogen functional groups attached to an aromatic ring is 1. The van der Waals surface area contributed by atoms with Crippen LogP contribution in [0.4, 0.5) is 10.3 Å².